The Morgan fingerprint density at radius 1 is 1.53 bits per heavy atom. The van der Waals surface area contributed by atoms with Gasteiger partial charge in [-0.15, -0.1) is 11.3 Å². The molecule has 1 atom stereocenters. The Kier molecular flexibility index (Phi) is 4.76. The van der Waals surface area contributed by atoms with Gasteiger partial charge in [0.05, 0.1) is 11.5 Å². The molecule has 1 heterocycles. The predicted molar refractivity (Wildman–Crippen MR) is 64.9 cm³/mol. The fraction of sp³-hybridized carbons (Fsp3) is 0.600. The van der Waals surface area contributed by atoms with Crippen LogP contribution in [0.5, 0.6) is 0 Å². The first-order valence-electron chi connectivity index (χ1n) is 4.96. The van der Waals surface area contributed by atoms with Gasteiger partial charge in [-0.3, -0.25) is 0 Å². The van der Waals surface area contributed by atoms with E-state index in [0.29, 0.717) is 13.0 Å². The molecule has 1 aromatic heterocycles. The Balaban J connectivity index is 2.43. The van der Waals surface area contributed by atoms with Gasteiger partial charge in [-0.2, -0.15) is 0 Å². The second-order valence-corrected chi connectivity index (χ2v) is 7.05. The minimum atomic E-state index is -2.94. The molecule has 0 bridgehead atoms. The smallest absolute Gasteiger partial charge is 0.150 e. The Bertz CT molecular complexity index is 370. The quantitative estimate of drug-likeness (QED) is 0.824. The molecule has 0 fully saturated rings. The highest BCUT2D eigenvalue weighted by molar-refractivity contribution is 7.91. The molecule has 0 aliphatic heterocycles. The summed E-state index contributed by atoms with van der Waals surface area (Å²) < 4.78 is 23.3. The summed E-state index contributed by atoms with van der Waals surface area (Å²) in [5.74, 6) is 0.491. The lowest BCUT2D eigenvalue weighted by molar-refractivity contribution is 0.573. The zero-order chi connectivity index (χ0) is 11.3. The molecule has 1 rings (SSSR count). The van der Waals surface area contributed by atoms with E-state index in [-0.39, 0.29) is 17.4 Å². The monoisotopic (exact) mass is 247 g/mol. The van der Waals surface area contributed by atoms with Crippen molar-refractivity contribution in [3.8, 4) is 0 Å². The lowest BCUT2D eigenvalue weighted by atomic mass is 10.2. The minimum Gasteiger partial charge on any atom is -0.330 e. The molecule has 5 heteroatoms. The Hall–Kier alpha value is -0.390. The van der Waals surface area contributed by atoms with Crippen molar-refractivity contribution < 1.29 is 8.42 Å². The van der Waals surface area contributed by atoms with E-state index >= 15 is 0 Å². The Morgan fingerprint density at radius 3 is 2.80 bits per heavy atom. The highest BCUT2D eigenvalue weighted by Crippen LogP contribution is 2.11. The molecule has 0 spiro atoms. The molecule has 0 aliphatic carbocycles. The number of hydrogen-bond donors (Lipinski definition) is 1. The molecule has 0 aromatic carbocycles. The maximum Gasteiger partial charge on any atom is 0.150 e. The van der Waals surface area contributed by atoms with Crippen molar-refractivity contribution in [2.45, 2.75) is 13.3 Å². The van der Waals surface area contributed by atoms with Crippen LogP contribution in [-0.4, -0.2) is 26.5 Å². The maximum atomic E-state index is 11.6. The first kappa shape index (κ1) is 12.7. The molecule has 0 aliphatic rings. The lowest BCUT2D eigenvalue weighted by Crippen LogP contribution is -2.23. The average Bonchev–Trinajstić information content (AvgIpc) is 2.66. The molecule has 0 radical (unpaired) electrons. The zero-order valence-electron chi connectivity index (χ0n) is 8.85. The second-order valence-electron chi connectivity index (χ2n) is 3.78. The summed E-state index contributed by atoms with van der Waals surface area (Å²) in [5, 5.41) is 1.96. The van der Waals surface area contributed by atoms with Gasteiger partial charge in [-0.1, -0.05) is 13.0 Å². The summed E-state index contributed by atoms with van der Waals surface area (Å²) in [7, 11) is -2.94. The van der Waals surface area contributed by atoms with Crippen molar-refractivity contribution in [2.24, 2.45) is 11.7 Å². The van der Waals surface area contributed by atoms with Crippen LogP contribution >= 0.6 is 11.3 Å². The lowest BCUT2D eigenvalue weighted by Gasteiger charge is -2.08. The van der Waals surface area contributed by atoms with Crippen LogP contribution < -0.4 is 5.73 Å². The first-order chi connectivity index (χ1) is 7.03. The van der Waals surface area contributed by atoms with Gasteiger partial charge in [0.1, 0.15) is 0 Å². The van der Waals surface area contributed by atoms with Gasteiger partial charge in [-0.25, -0.2) is 8.42 Å². The van der Waals surface area contributed by atoms with Crippen molar-refractivity contribution in [2.75, 3.05) is 18.1 Å². The molecular weight excluding hydrogens is 230 g/mol. The molecule has 2 N–H and O–H groups in total. The van der Waals surface area contributed by atoms with Crippen LogP contribution in [0.25, 0.3) is 0 Å². The van der Waals surface area contributed by atoms with Crippen LogP contribution in [0.2, 0.25) is 0 Å². The molecule has 15 heavy (non-hydrogen) atoms. The van der Waals surface area contributed by atoms with Gasteiger partial charge in [0.25, 0.3) is 0 Å². The van der Waals surface area contributed by atoms with Crippen LogP contribution in [0.4, 0.5) is 0 Å². The third-order valence-corrected chi connectivity index (χ3v) is 5.02. The molecular formula is C10H17NO2S2. The zero-order valence-corrected chi connectivity index (χ0v) is 10.5. The number of rotatable bonds is 6. The number of hydrogen-bond acceptors (Lipinski definition) is 4. The van der Waals surface area contributed by atoms with Crippen LogP contribution in [0.15, 0.2) is 17.5 Å². The number of aryl methyl sites for hydroxylation is 1. The molecule has 0 saturated carbocycles. The fourth-order valence-corrected chi connectivity index (χ4v) is 3.83. The molecule has 3 nitrogen and oxygen atoms in total. The molecule has 86 valence electrons. The van der Waals surface area contributed by atoms with E-state index in [1.165, 1.54) is 0 Å². The molecule has 1 aromatic rings. The van der Waals surface area contributed by atoms with Crippen LogP contribution in [-0.2, 0) is 16.3 Å². The van der Waals surface area contributed by atoms with Gasteiger partial charge in [-0.05, 0) is 30.3 Å². The summed E-state index contributed by atoms with van der Waals surface area (Å²) >= 11 is 1.60. The Morgan fingerprint density at radius 2 is 2.27 bits per heavy atom. The molecule has 1 unspecified atom stereocenters. The summed E-state index contributed by atoms with van der Waals surface area (Å²) in [5.41, 5.74) is 5.41. The topological polar surface area (TPSA) is 60.2 Å². The average molecular weight is 247 g/mol. The number of sulfone groups is 1. The minimum absolute atomic E-state index is 0.0540. The van der Waals surface area contributed by atoms with E-state index in [1.54, 1.807) is 11.3 Å². The highest BCUT2D eigenvalue weighted by Gasteiger charge is 2.15. The predicted octanol–water partition coefficient (Wildman–Crippen LogP) is 1.30. The summed E-state index contributed by atoms with van der Waals surface area (Å²) in [6, 6.07) is 3.90. The van der Waals surface area contributed by atoms with E-state index in [0.717, 1.165) is 4.88 Å². The second kappa shape index (κ2) is 5.63. The van der Waals surface area contributed by atoms with Gasteiger partial charge in [0.2, 0.25) is 0 Å². The van der Waals surface area contributed by atoms with Crippen LogP contribution in [0.3, 0.4) is 0 Å². The van der Waals surface area contributed by atoms with E-state index in [1.807, 2.05) is 24.4 Å². The summed E-state index contributed by atoms with van der Waals surface area (Å²) in [6.45, 7) is 2.29. The van der Waals surface area contributed by atoms with Crippen molar-refractivity contribution in [3.05, 3.63) is 22.4 Å². The largest absolute Gasteiger partial charge is 0.330 e. The third-order valence-electron chi connectivity index (χ3n) is 2.18. The molecule has 0 amide bonds. The van der Waals surface area contributed by atoms with E-state index in [4.69, 9.17) is 5.73 Å². The summed E-state index contributed by atoms with van der Waals surface area (Å²) in [4.78, 5) is 1.12. The fourth-order valence-electron chi connectivity index (χ4n) is 1.30. The standard InChI is InChI=1S/C10H17NO2S2/c1-9(7-11)8-15(12,13)6-4-10-3-2-5-14-10/h2-3,5,9H,4,6-8,11H2,1H3. The first-order valence-corrected chi connectivity index (χ1v) is 7.66. The molecule has 0 saturated heterocycles. The van der Waals surface area contributed by atoms with Crippen molar-refractivity contribution in [1.29, 1.82) is 0 Å². The highest BCUT2D eigenvalue weighted by atomic mass is 32.2. The summed E-state index contributed by atoms with van der Waals surface area (Å²) in [6.07, 6.45) is 0.622. The maximum absolute atomic E-state index is 11.6. The van der Waals surface area contributed by atoms with E-state index < -0.39 is 9.84 Å². The van der Waals surface area contributed by atoms with Gasteiger partial charge >= 0.3 is 0 Å². The number of thiophene rings is 1. The number of nitrogens with two attached hydrogens (primary N) is 1. The van der Waals surface area contributed by atoms with E-state index in [2.05, 4.69) is 0 Å². The van der Waals surface area contributed by atoms with Crippen molar-refractivity contribution in [1.82, 2.24) is 0 Å². The van der Waals surface area contributed by atoms with Crippen LogP contribution in [0.1, 0.15) is 11.8 Å². The van der Waals surface area contributed by atoms with Gasteiger partial charge in [0.15, 0.2) is 9.84 Å². The Labute approximate surface area is 95.2 Å². The third kappa shape index (κ3) is 4.77. The van der Waals surface area contributed by atoms with E-state index in [9.17, 15) is 8.42 Å². The van der Waals surface area contributed by atoms with Crippen molar-refractivity contribution in [3.63, 3.8) is 0 Å². The van der Waals surface area contributed by atoms with Crippen molar-refractivity contribution >= 4 is 21.2 Å². The van der Waals surface area contributed by atoms with Crippen LogP contribution in [0, 0.1) is 5.92 Å². The SMILES string of the molecule is CC(CN)CS(=O)(=O)CCc1cccs1. The van der Waals surface area contributed by atoms with Gasteiger partial charge in [0, 0.05) is 4.88 Å². The van der Waals surface area contributed by atoms with Gasteiger partial charge < -0.3 is 5.73 Å². The normalized spacial score (nSPS) is 14.0.